The highest BCUT2D eigenvalue weighted by molar-refractivity contribution is 7.89. The highest BCUT2D eigenvalue weighted by atomic mass is 32.2. The average Bonchev–Trinajstić information content (AvgIpc) is 2.86. The second-order valence-electron chi connectivity index (χ2n) is 9.77. The van der Waals surface area contributed by atoms with Crippen LogP contribution in [0.2, 0.25) is 0 Å². The Labute approximate surface area is 214 Å². The SMILES string of the molecule is Cc1ccccc1-c1ccc2c(c1)O[C@H](CN(C)Cc1ccncc1)[C@H](C)CN([C@@H](C)CO)S2(=O)=O. The van der Waals surface area contributed by atoms with E-state index in [1.165, 1.54) is 4.31 Å². The third-order valence-corrected chi connectivity index (χ3v) is 8.84. The monoisotopic (exact) mass is 509 g/mol. The Balaban J connectivity index is 1.74. The summed E-state index contributed by atoms with van der Waals surface area (Å²) in [5.74, 6) is 0.240. The van der Waals surface area contributed by atoms with E-state index in [9.17, 15) is 13.5 Å². The van der Waals surface area contributed by atoms with Crippen LogP contribution in [0.1, 0.15) is 25.0 Å². The largest absolute Gasteiger partial charge is 0.487 e. The molecule has 1 N–H and O–H groups in total. The molecule has 0 fully saturated rings. The van der Waals surface area contributed by atoms with Gasteiger partial charge in [0, 0.05) is 44.0 Å². The number of aryl methyl sites for hydroxylation is 1. The number of nitrogens with zero attached hydrogens (tertiary/aromatic N) is 3. The van der Waals surface area contributed by atoms with Crippen molar-refractivity contribution in [3.8, 4) is 16.9 Å². The van der Waals surface area contributed by atoms with Crippen molar-refractivity contribution >= 4 is 10.0 Å². The number of benzene rings is 2. The van der Waals surface area contributed by atoms with Gasteiger partial charge in [-0.2, -0.15) is 4.31 Å². The minimum Gasteiger partial charge on any atom is -0.487 e. The number of hydrogen-bond donors (Lipinski definition) is 1. The summed E-state index contributed by atoms with van der Waals surface area (Å²) in [5.41, 5.74) is 4.18. The molecule has 7 nitrogen and oxygen atoms in total. The lowest BCUT2D eigenvalue weighted by molar-refractivity contribution is 0.0734. The molecule has 0 amide bonds. The van der Waals surface area contributed by atoms with E-state index in [0.29, 0.717) is 12.3 Å². The molecular weight excluding hydrogens is 474 g/mol. The molecule has 0 saturated carbocycles. The van der Waals surface area contributed by atoms with Gasteiger partial charge in [0.15, 0.2) is 0 Å². The van der Waals surface area contributed by atoms with Gasteiger partial charge in [-0.25, -0.2) is 8.42 Å². The predicted octanol–water partition coefficient (Wildman–Crippen LogP) is 3.96. The van der Waals surface area contributed by atoms with Crippen LogP contribution in [0.5, 0.6) is 5.75 Å². The number of aliphatic hydroxyl groups excluding tert-OH is 1. The zero-order valence-electron chi connectivity index (χ0n) is 21.3. The summed E-state index contributed by atoms with van der Waals surface area (Å²) < 4.78 is 35.4. The van der Waals surface area contributed by atoms with Crippen molar-refractivity contribution in [2.24, 2.45) is 5.92 Å². The maximum atomic E-state index is 13.7. The van der Waals surface area contributed by atoms with E-state index in [0.717, 1.165) is 28.8 Å². The predicted molar refractivity (Wildman–Crippen MR) is 141 cm³/mol. The van der Waals surface area contributed by atoms with Crippen molar-refractivity contribution in [1.82, 2.24) is 14.2 Å². The van der Waals surface area contributed by atoms with Gasteiger partial charge in [-0.15, -0.1) is 0 Å². The van der Waals surface area contributed by atoms with Crippen LogP contribution in [-0.2, 0) is 16.6 Å². The fourth-order valence-corrected chi connectivity index (χ4v) is 6.51. The molecule has 0 saturated heterocycles. The van der Waals surface area contributed by atoms with E-state index < -0.39 is 16.1 Å². The molecule has 0 bridgehead atoms. The summed E-state index contributed by atoms with van der Waals surface area (Å²) >= 11 is 0. The van der Waals surface area contributed by atoms with E-state index >= 15 is 0 Å². The van der Waals surface area contributed by atoms with Gasteiger partial charge in [-0.1, -0.05) is 37.3 Å². The van der Waals surface area contributed by atoms with Crippen LogP contribution in [0, 0.1) is 12.8 Å². The zero-order chi connectivity index (χ0) is 25.9. The molecular formula is C28H35N3O4S. The van der Waals surface area contributed by atoms with Gasteiger partial charge < -0.3 is 9.84 Å². The van der Waals surface area contributed by atoms with E-state index in [1.807, 2.05) is 69.4 Å². The van der Waals surface area contributed by atoms with Crippen LogP contribution in [0.3, 0.4) is 0 Å². The van der Waals surface area contributed by atoms with E-state index in [-0.39, 0.29) is 30.1 Å². The molecule has 2 heterocycles. The Kier molecular flexibility index (Phi) is 8.10. The minimum atomic E-state index is -3.87. The van der Waals surface area contributed by atoms with E-state index in [1.54, 1.807) is 25.4 Å². The Morgan fingerprint density at radius 1 is 1.17 bits per heavy atom. The summed E-state index contributed by atoms with van der Waals surface area (Å²) in [6.45, 7) is 7.12. The number of fused-ring (bicyclic) bond motifs is 1. The molecule has 8 heteroatoms. The standard InChI is InChI=1S/C28H35N3O4S/c1-20-7-5-6-8-25(20)24-9-10-28-26(15-24)35-27(18-30(4)17-23-11-13-29-14-12-23)21(2)16-31(22(3)19-32)36(28,33)34/h5-15,21-22,27,32H,16-19H2,1-4H3/t21-,22+,27-/m1/s1. The van der Waals surface area contributed by atoms with Crippen molar-refractivity contribution < 1.29 is 18.3 Å². The zero-order valence-corrected chi connectivity index (χ0v) is 22.1. The molecule has 3 aromatic rings. The number of rotatable bonds is 7. The summed E-state index contributed by atoms with van der Waals surface area (Å²) in [6, 6.07) is 16.7. The Bertz CT molecular complexity index is 1280. The Hall–Kier alpha value is -2.78. The molecule has 3 atom stereocenters. The number of aromatic nitrogens is 1. The van der Waals surface area contributed by atoms with E-state index in [2.05, 4.69) is 9.88 Å². The fraction of sp³-hybridized carbons (Fsp3) is 0.393. The lowest BCUT2D eigenvalue weighted by Crippen LogP contribution is -2.49. The molecule has 0 unspecified atom stereocenters. The topological polar surface area (TPSA) is 83.0 Å². The molecule has 36 heavy (non-hydrogen) atoms. The van der Waals surface area contributed by atoms with E-state index in [4.69, 9.17) is 4.74 Å². The number of sulfonamides is 1. The maximum Gasteiger partial charge on any atom is 0.247 e. The first-order valence-corrected chi connectivity index (χ1v) is 13.7. The summed E-state index contributed by atoms with van der Waals surface area (Å²) in [6.07, 6.45) is 3.30. The van der Waals surface area contributed by atoms with Crippen LogP contribution in [0.15, 0.2) is 71.9 Å². The smallest absolute Gasteiger partial charge is 0.247 e. The highest BCUT2D eigenvalue weighted by Crippen LogP contribution is 2.37. The molecule has 1 aliphatic heterocycles. The molecule has 4 rings (SSSR count). The second-order valence-corrected chi connectivity index (χ2v) is 11.6. The fourth-order valence-electron chi connectivity index (χ4n) is 4.68. The van der Waals surface area contributed by atoms with Crippen LogP contribution >= 0.6 is 0 Å². The van der Waals surface area contributed by atoms with Crippen LogP contribution in [0.4, 0.5) is 0 Å². The number of ether oxygens (including phenoxy) is 1. The van der Waals surface area contributed by atoms with Crippen molar-refractivity contribution in [2.75, 3.05) is 26.7 Å². The summed E-state index contributed by atoms with van der Waals surface area (Å²) in [7, 11) is -1.84. The molecule has 0 spiro atoms. The van der Waals surface area contributed by atoms with Gasteiger partial charge in [-0.05, 0) is 67.4 Å². The van der Waals surface area contributed by atoms with Gasteiger partial charge in [0.2, 0.25) is 10.0 Å². The molecule has 0 radical (unpaired) electrons. The van der Waals surface area contributed by atoms with Crippen molar-refractivity contribution in [3.05, 3.63) is 78.1 Å². The quantitative estimate of drug-likeness (QED) is 0.519. The number of pyridine rings is 1. The minimum absolute atomic E-state index is 0.107. The summed E-state index contributed by atoms with van der Waals surface area (Å²) in [5, 5.41) is 9.86. The Morgan fingerprint density at radius 3 is 2.58 bits per heavy atom. The molecule has 1 aromatic heterocycles. The van der Waals surface area contributed by atoms with Crippen LogP contribution < -0.4 is 4.74 Å². The number of hydrogen-bond acceptors (Lipinski definition) is 6. The van der Waals surface area contributed by atoms with Crippen LogP contribution in [-0.4, -0.2) is 66.6 Å². The van der Waals surface area contributed by atoms with Crippen molar-refractivity contribution in [2.45, 2.75) is 44.4 Å². The molecule has 1 aliphatic rings. The van der Waals surface area contributed by atoms with Crippen molar-refractivity contribution in [3.63, 3.8) is 0 Å². The Morgan fingerprint density at radius 2 is 1.89 bits per heavy atom. The van der Waals surface area contributed by atoms with Gasteiger partial charge in [0.05, 0.1) is 6.61 Å². The van der Waals surface area contributed by atoms with Crippen LogP contribution in [0.25, 0.3) is 11.1 Å². The maximum absolute atomic E-state index is 13.7. The van der Waals surface area contributed by atoms with Gasteiger partial charge in [0.25, 0.3) is 0 Å². The lowest BCUT2D eigenvalue weighted by atomic mass is 10.00. The first-order chi connectivity index (χ1) is 17.2. The highest BCUT2D eigenvalue weighted by Gasteiger charge is 2.38. The van der Waals surface area contributed by atoms with Gasteiger partial charge in [0.1, 0.15) is 16.7 Å². The molecule has 192 valence electrons. The normalized spacial score (nSPS) is 20.7. The van der Waals surface area contributed by atoms with Crippen molar-refractivity contribution in [1.29, 1.82) is 0 Å². The van der Waals surface area contributed by atoms with Gasteiger partial charge >= 0.3 is 0 Å². The molecule has 0 aliphatic carbocycles. The lowest BCUT2D eigenvalue weighted by Gasteiger charge is -2.37. The summed E-state index contributed by atoms with van der Waals surface area (Å²) in [4.78, 5) is 6.40. The van der Waals surface area contributed by atoms with Gasteiger partial charge in [-0.3, -0.25) is 9.88 Å². The number of likely N-dealkylation sites (N-methyl/N-ethyl adjacent to an activating group) is 1. The second kappa shape index (κ2) is 11.1. The first-order valence-electron chi connectivity index (χ1n) is 12.3. The first kappa shape index (κ1) is 26.3. The third kappa shape index (κ3) is 5.62. The average molecular weight is 510 g/mol. The number of aliphatic hydroxyl groups is 1. The third-order valence-electron chi connectivity index (χ3n) is 6.82. The molecule has 2 aromatic carbocycles.